The number of benzene rings is 1. The Morgan fingerprint density at radius 1 is 1.29 bits per heavy atom. The summed E-state index contributed by atoms with van der Waals surface area (Å²) in [4.78, 5) is 20.3. The first-order valence-corrected chi connectivity index (χ1v) is 11.6. The van der Waals surface area contributed by atoms with Gasteiger partial charge in [0.05, 0.1) is 25.9 Å². The maximum Gasteiger partial charge on any atom is 0.253 e. The first-order chi connectivity index (χ1) is 15.1. The van der Waals surface area contributed by atoms with Gasteiger partial charge in [-0.1, -0.05) is 11.6 Å². The van der Waals surface area contributed by atoms with Gasteiger partial charge in [-0.3, -0.25) is 9.69 Å². The number of fused-ring (bicyclic) bond motifs is 1. The molecule has 3 heterocycles. The molecule has 1 aromatic heterocycles. The van der Waals surface area contributed by atoms with Crippen LogP contribution in [0.2, 0.25) is 0 Å². The van der Waals surface area contributed by atoms with E-state index in [1.807, 2.05) is 18.2 Å². The van der Waals surface area contributed by atoms with Crippen LogP contribution in [0.1, 0.15) is 24.0 Å². The minimum atomic E-state index is -0.0605. The molecule has 2 aliphatic heterocycles. The smallest absolute Gasteiger partial charge is 0.253 e. The number of thiocarbonyl (C=S) groups is 1. The van der Waals surface area contributed by atoms with Crippen molar-refractivity contribution in [2.75, 3.05) is 52.5 Å². The number of nitrogens with one attached hydrogen (secondary N) is 2. The Hall–Kier alpha value is -2.00. The van der Waals surface area contributed by atoms with Gasteiger partial charge in [0.15, 0.2) is 5.11 Å². The van der Waals surface area contributed by atoms with Gasteiger partial charge in [-0.2, -0.15) is 0 Å². The van der Waals surface area contributed by atoms with Crippen LogP contribution in [0.4, 0.5) is 0 Å². The lowest BCUT2D eigenvalue weighted by molar-refractivity contribution is 0.0356. The minimum Gasteiger partial charge on any atom is -0.379 e. The third kappa shape index (κ3) is 6.04. The van der Waals surface area contributed by atoms with Crippen molar-refractivity contribution >= 4 is 28.2 Å². The zero-order chi connectivity index (χ0) is 21.6. The average molecular weight is 445 g/mol. The summed E-state index contributed by atoms with van der Waals surface area (Å²) in [5.74, 6) is 0. The van der Waals surface area contributed by atoms with E-state index in [0.717, 1.165) is 75.3 Å². The number of ether oxygens (including phenoxy) is 2. The summed E-state index contributed by atoms with van der Waals surface area (Å²) >= 11 is 5.74. The number of hydrogen-bond donors (Lipinski definition) is 2. The molecular formula is C23H32N4O3S. The fraction of sp³-hybridized carbons (Fsp3) is 0.565. The molecule has 0 bridgehead atoms. The van der Waals surface area contributed by atoms with Crippen LogP contribution >= 0.6 is 12.2 Å². The van der Waals surface area contributed by atoms with Crippen LogP contribution in [-0.2, 0) is 16.0 Å². The third-order valence-corrected chi connectivity index (χ3v) is 6.42. The van der Waals surface area contributed by atoms with Crippen LogP contribution in [0.15, 0.2) is 29.1 Å². The molecule has 31 heavy (non-hydrogen) atoms. The number of nitrogens with zero attached hydrogens (tertiary/aromatic N) is 2. The summed E-state index contributed by atoms with van der Waals surface area (Å²) in [7, 11) is 0. The lowest BCUT2D eigenvalue weighted by atomic mass is 10.1. The summed E-state index contributed by atoms with van der Waals surface area (Å²) in [6.07, 6.45) is 2.38. The van der Waals surface area contributed by atoms with Crippen molar-refractivity contribution in [1.82, 2.24) is 20.1 Å². The van der Waals surface area contributed by atoms with Gasteiger partial charge in [-0.05, 0) is 55.6 Å². The fourth-order valence-corrected chi connectivity index (χ4v) is 4.39. The molecule has 2 fully saturated rings. The van der Waals surface area contributed by atoms with E-state index in [1.165, 1.54) is 5.56 Å². The Labute approximate surface area is 188 Å². The van der Waals surface area contributed by atoms with Crippen molar-refractivity contribution in [3.63, 3.8) is 0 Å². The number of aromatic amines is 1. The van der Waals surface area contributed by atoms with Gasteiger partial charge in [0, 0.05) is 50.4 Å². The summed E-state index contributed by atoms with van der Waals surface area (Å²) in [6, 6.07) is 8.06. The van der Waals surface area contributed by atoms with Crippen LogP contribution in [0.5, 0.6) is 0 Å². The van der Waals surface area contributed by atoms with Gasteiger partial charge < -0.3 is 24.7 Å². The molecule has 0 unspecified atom stereocenters. The topological polar surface area (TPSA) is 69.8 Å². The van der Waals surface area contributed by atoms with Crippen molar-refractivity contribution in [3.05, 3.63) is 45.7 Å². The molecule has 7 nitrogen and oxygen atoms in total. The Bertz CT molecular complexity index is 951. The summed E-state index contributed by atoms with van der Waals surface area (Å²) in [5.41, 5.74) is 2.69. The zero-order valence-corrected chi connectivity index (χ0v) is 19.0. The highest BCUT2D eigenvalue weighted by Crippen LogP contribution is 2.15. The Morgan fingerprint density at radius 3 is 2.90 bits per heavy atom. The molecule has 8 heteroatoms. The molecule has 2 N–H and O–H groups in total. The van der Waals surface area contributed by atoms with Gasteiger partial charge in [-0.15, -0.1) is 0 Å². The quantitative estimate of drug-likeness (QED) is 0.633. The molecular weight excluding hydrogens is 412 g/mol. The number of rotatable bonds is 7. The maximum absolute atomic E-state index is 12.8. The van der Waals surface area contributed by atoms with E-state index in [4.69, 9.17) is 21.7 Å². The van der Waals surface area contributed by atoms with Crippen molar-refractivity contribution < 1.29 is 9.47 Å². The Balaban J connectivity index is 1.48. The largest absolute Gasteiger partial charge is 0.379 e. The standard InChI is InChI=1S/C23H32N4O3S/c1-17-4-5-21-18(13-17)14-19(22(28)25-21)16-27(7-6-26-8-11-29-12-9-26)23(31)24-15-20-3-2-10-30-20/h4-5,13-14,20H,2-3,6-12,15-16H2,1H3,(H,24,31)(H,25,28)/t20-/m1/s1. The number of aryl methyl sites for hydroxylation is 1. The van der Waals surface area contributed by atoms with E-state index >= 15 is 0 Å². The normalized spacial score (nSPS) is 19.6. The molecule has 0 amide bonds. The number of aromatic nitrogens is 1. The molecule has 168 valence electrons. The Kier molecular flexibility index (Phi) is 7.55. The van der Waals surface area contributed by atoms with E-state index in [2.05, 4.69) is 33.1 Å². The highest BCUT2D eigenvalue weighted by Gasteiger charge is 2.19. The SMILES string of the molecule is Cc1ccc2[nH]c(=O)c(CN(CCN3CCOCC3)C(=S)NC[C@H]3CCCO3)cc2c1. The van der Waals surface area contributed by atoms with Gasteiger partial charge in [-0.25, -0.2) is 0 Å². The molecule has 1 atom stereocenters. The van der Waals surface area contributed by atoms with E-state index in [1.54, 1.807) is 0 Å². The van der Waals surface area contributed by atoms with E-state index < -0.39 is 0 Å². The fourth-order valence-electron chi connectivity index (χ4n) is 4.15. The van der Waals surface area contributed by atoms with E-state index in [-0.39, 0.29) is 11.7 Å². The number of hydrogen-bond acceptors (Lipinski definition) is 5. The minimum absolute atomic E-state index is 0.0605. The van der Waals surface area contributed by atoms with Crippen LogP contribution in [0.25, 0.3) is 10.9 Å². The zero-order valence-electron chi connectivity index (χ0n) is 18.2. The maximum atomic E-state index is 12.8. The molecule has 0 saturated carbocycles. The molecule has 0 radical (unpaired) electrons. The highest BCUT2D eigenvalue weighted by atomic mass is 32.1. The lowest BCUT2D eigenvalue weighted by Gasteiger charge is -2.31. The molecule has 0 spiro atoms. The van der Waals surface area contributed by atoms with Gasteiger partial charge in [0.1, 0.15) is 0 Å². The Morgan fingerprint density at radius 2 is 2.13 bits per heavy atom. The van der Waals surface area contributed by atoms with Crippen molar-refractivity contribution in [3.8, 4) is 0 Å². The van der Waals surface area contributed by atoms with E-state index in [0.29, 0.717) is 18.2 Å². The second kappa shape index (κ2) is 10.5. The van der Waals surface area contributed by atoms with Crippen molar-refractivity contribution in [2.45, 2.75) is 32.4 Å². The second-order valence-electron chi connectivity index (χ2n) is 8.41. The molecule has 2 saturated heterocycles. The first kappa shape index (κ1) is 22.2. The predicted molar refractivity (Wildman–Crippen MR) is 127 cm³/mol. The molecule has 2 aromatic rings. The summed E-state index contributed by atoms with van der Waals surface area (Å²) < 4.78 is 11.2. The van der Waals surface area contributed by atoms with Crippen LogP contribution in [-0.4, -0.2) is 78.5 Å². The van der Waals surface area contributed by atoms with Crippen LogP contribution < -0.4 is 10.9 Å². The average Bonchev–Trinajstić information content (AvgIpc) is 3.30. The van der Waals surface area contributed by atoms with Gasteiger partial charge in [0.25, 0.3) is 5.56 Å². The molecule has 0 aliphatic carbocycles. The lowest BCUT2D eigenvalue weighted by Crippen LogP contribution is -2.47. The number of morpholine rings is 1. The molecule has 4 rings (SSSR count). The van der Waals surface area contributed by atoms with Crippen LogP contribution in [0, 0.1) is 6.92 Å². The monoisotopic (exact) mass is 444 g/mol. The first-order valence-electron chi connectivity index (χ1n) is 11.2. The van der Waals surface area contributed by atoms with Crippen molar-refractivity contribution in [2.24, 2.45) is 0 Å². The third-order valence-electron chi connectivity index (χ3n) is 6.02. The summed E-state index contributed by atoms with van der Waals surface area (Å²) in [6.45, 7) is 9.10. The summed E-state index contributed by atoms with van der Waals surface area (Å²) in [5, 5.41) is 5.09. The predicted octanol–water partition coefficient (Wildman–Crippen LogP) is 2.02. The highest BCUT2D eigenvalue weighted by molar-refractivity contribution is 7.80. The molecule has 2 aliphatic rings. The molecule has 1 aromatic carbocycles. The van der Waals surface area contributed by atoms with Gasteiger partial charge in [0.2, 0.25) is 0 Å². The van der Waals surface area contributed by atoms with Gasteiger partial charge >= 0.3 is 0 Å². The van der Waals surface area contributed by atoms with E-state index in [9.17, 15) is 4.79 Å². The second-order valence-corrected chi connectivity index (χ2v) is 8.80. The van der Waals surface area contributed by atoms with Crippen molar-refractivity contribution in [1.29, 1.82) is 0 Å². The number of pyridine rings is 1. The van der Waals surface area contributed by atoms with Crippen LogP contribution in [0.3, 0.4) is 0 Å². The number of H-pyrrole nitrogens is 1.